The number of aromatic nitrogens is 3. The van der Waals surface area contributed by atoms with Gasteiger partial charge in [-0.2, -0.15) is 9.78 Å². The van der Waals surface area contributed by atoms with Gasteiger partial charge in [-0.05, 0) is 45.9 Å². The van der Waals surface area contributed by atoms with Crippen molar-refractivity contribution in [2.75, 3.05) is 12.3 Å². The number of ether oxygens (including phenoxy) is 1. The second-order valence-corrected chi connectivity index (χ2v) is 8.40. The normalized spacial score (nSPS) is 14.1. The molecule has 0 bridgehead atoms. The second-order valence-electron chi connectivity index (χ2n) is 8.40. The number of H-pyrrole nitrogens is 1. The SMILES string of the molecule is Cc1cc2c(C(=O)n3nc4c(c3N)CN(C(=O)OC(C)(C)C)CC4)cccc2[nH]1. The number of aromatic amines is 1. The smallest absolute Gasteiger partial charge is 0.410 e. The van der Waals surface area contributed by atoms with E-state index in [2.05, 4.69) is 10.1 Å². The summed E-state index contributed by atoms with van der Waals surface area (Å²) in [7, 11) is 0. The third kappa shape index (κ3) is 3.46. The minimum atomic E-state index is -0.573. The van der Waals surface area contributed by atoms with E-state index >= 15 is 0 Å². The number of nitrogens with one attached hydrogen (secondary N) is 1. The van der Waals surface area contributed by atoms with Crippen LogP contribution in [0.4, 0.5) is 10.6 Å². The van der Waals surface area contributed by atoms with Crippen molar-refractivity contribution < 1.29 is 14.3 Å². The third-order valence-electron chi connectivity index (χ3n) is 4.95. The molecule has 0 fully saturated rings. The Bertz CT molecular complexity index is 1120. The van der Waals surface area contributed by atoms with Gasteiger partial charge in [-0.25, -0.2) is 4.79 Å². The van der Waals surface area contributed by atoms with Gasteiger partial charge in [0.2, 0.25) is 0 Å². The largest absolute Gasteiger partial charge is 0.444 e. The van der Waals surface area contributed by atoms with Gasteiger partial charge in [-0.3, -0.25) is 4.79 Å². The van der Waals surface area contributed by atoms with E-state index in [9.17, 15) is 9.59 Å². The van der Waals surface area contributed by atoms with Crippen molar-refractivity contribution in [3.05, 3.63) is 46.8 Å². The van der Waals surface area contributed by atoms with Crippen LogP contribution in [0.1, 0.15) is 48.1 Å². The number of rotatable bonds is 1. The first-order chi connectivity index (χ1) is 13.6. The highest BCUT2D eigenvalue weighted by molar-refractivity contribution is 6.08. The zero-order valence-electron chi connectivity index (χ0n) is 17.1. The molecule has 3 N–H and O–H groups in total. The first kappa shape index (κ1) is 19.0. The van der Waals surface area contributed by atoms with E-state index in [0.717, 1.165) is 22.3 Å². The van der Waals surface area contributed by atoms with E-state index in [1.807, 2.05) is 45.9 Å². The van der Waals surface area contributed by atoms with Crippen LogP contribution in [-0.2, 0) is 17.7 Å². The predicted molar refractivity (Wildman–Crippen MR) is 110 cm³/mol. The first-order valence-corrected chi connectivity index (χ1v) is 9.61. The molecule has 29 heavy (non-hydrogen) atoms. The minimum Gasteiger partial charge on any atom is -0.444 e. The van der Waals surface area contributed by atoms with Crippen LogP contribution >= 0.6 is 0 Å². The lowest BCUT2D eigenvalue weighted by molar-refractivity contribution is 0.0224. The van der Waals surface area contributed by atoms with Crippen LogP contribution in [0.2, 0.25) is 0 Å². The second kappa shape index (κ2) is 6.65. The van der Waals surface area contributed by atoms with Crippen LogP contribution in [0.3, 0.4) is 0 Å². The van der Waals surface area contributed by atoms with Crippen LogP contribution in [0, 0.1) is 6.92 Å². The number of carbonyl (C=O) groups excluding carboxylic acids is 2. The number of hydrogen-bond donors (Lipinski definition) is 2. The van der Waals surface area contributed by atoms with Gasteiger partial charge >= 0.3 is 6.09 Å². The van der Waals surface area contributed by atoms with Crippen molar-refractivity contribution in [1.82, 2.24) is 19.7 Å². The number of fused-ring (bicyclic) bond motifs is 2. The first-order valence-electron chi connectivity index (χ1n) is 9.61. The summed E-state index contributed by atoms with van der Waals surface area (Å²) in [6, 6.07) is 7.46. The number of hydrogen-bond acceptors (Lipinski definition) is 5. The molecule has 3 heterocycles. The van der Waals surface area contributed by atoms with E-state index in [-0.39, 0.29) is 18.3 Å². The van der Waals surface area contributed by atoms with Crippen molar-refractivity contribution >= 4 is 28.7 Å². The topological polar surface area (TPSA) is 106 Å². The Morgan fingerprint density at radius 3 is 2.76 bits per heavy atom. The van der Waals surface area contributed by atoms with Crippen molar-refractivity contribution in [3.63, 3.8) is 0 Å². The molecule has 1 amide bonds. The number of nitrogens with two attached hydrogens (primary N) is 1. The van der Waals surface area contributed by atoms with Crippen LogP contribution in [-0.4, -0.2) is 43.8 Å². The van der Waals surface area contributed by atoms with E-state index in [1.165, 1.54) is 4.68 Å². The maximum Gasteiger partial charge on any atom is 0.410 e. The Morgan fingerprint density at radius 2 is 2.03 bits per heavy atom. The molecule has 1 aliphatic rings. The highest BCUT2D eigenvalue weighted by atomic mass is 16.6. The lowest BCUT2D eigenvalue weighted by Gasteiger charge is -2.29. The highest BCUT2D eigenvalue weighted by Gasteiger charge is 2.31. The van der Waals surface area contributed by atoms with Gasteiger partial charge < -0.3 is 20.4 Å². The fourth-order valence-corrected chi connectivity index (χ4v) is 3.63. The Balaban J connectivity index is 1.65. The molecule has 0 spiro atoms. The number of nitrogens with zero attached hydrogens (tertiary/aromatic N) is 3. The van der Waals surface area contributed by atoms with E-state index in [4.69, 9.17) is 10.5 Å². The fourth-order valence-electron chi connectivity index (χ4n) is 3.63. The molecule has 0 aliphatic carbocycles. The van der Waals surface area contributed by atoms with Gasteiger partial charge in [0.15, 0.2) is 0 Å². The molecule has 0 saturated carbocycles. The molecule has 4 rings (SSSR count). The maximum atomic E-state index is 13.2. The Morgan fingerprint density at radius 1 is 1.28 bits per heavy atom. The molecule has 0 saturated heterocycles. The molecule has 152 valence electrons. The number of nitrogen functional groups attached to an aromatic ring is 1. The van der Waals surface area contributed by atoms with Gasteiger partial charge in [-0.1, -0.05) is 6.07 Å². The van der Waals surface area contributed by atoms with E-state index < -0.39 is 11.7 Å². The van der Waals surface area contributed by atoms with Gasteiger partial charge in [-0.15, -0.1) is 0 Å². The van der Waals surface area contributed by atoms with E-state index in [0.29, 0.717) is 24.1 Å². The highest BCUT2D eigenvalue weighted by Crippen LogP contribution is 2.27. The molecule has 8 nitrogen and oxygen atoms in total. The number of carbonyl (C=O) groups is 2. The lowest BCUT2D eigenvalue weighted by Crippen LogP contribution is -2.39. The van der Waals surface area contributed by atoms with Gasteiger partial charge in [0.05, 0.1) is 17.8 Å². The minimum absolute atomic E-state index is 0.266. The molecule has 0 atom stereocenters. The van der Waals surface area contributed by atoms with Crippen molar-refractivity contribution in [3.8, 4) is 0 Å². The summed E-state index contributed by atoms with van der Waals surface area (Å²) in [6.07, 6.45) is 0.126. The van der Waals surface area contributed by atoms with Crippen LogP contribution in [0.25, 0.3) is 10.9 Å². The van der Waals surface area contributed by atoms with Crippen molar-refractivity contribution in [1.29, 1.82) is 0 Å². The summed E-state index contributed by atoms with van der Waals surface area (Å²) in [5.41, 5.74) is 9.56. The zero-order valence-corrected chi connectivity index (χ0v) is 17.1. The maximum absolute atomic E-state index is 13.2. The molecule has 1 aromatic carbocycles. The average molecular weight is 395 g/mol. The quantitative estimate of drug-likeness (QED) is 0.658. The number of amides is 1. The Hall–Kier alpha value is -3.29. The van der Waals surface area contributed by atoms with Crippen LogP contribution in [0.5, 0.6) is 0 Å². The van der Waals surface area contributed by atoms with Crippen LogP contribution in [0.15, 0.2) is 24.3 Å². The van der Waals surface area contributed by atoms with Crippen LogP contribution < -0.4 is 5.73 Å². The predicted octanol–water partition coefficient (Wildman–Crippen LogP) is 3.24. The summed E-state index contributed by atoms with van der Waals surface area (Å²) in [4.78, 5) is 30.5. The molecule has 0 radical (unpaired) electrons. The molecule has 0 unspecified atom stereocenters. The van der Waals surface area contributed by atoms with Crippen molar-refractivity contribution in [2.24, 2.45) is 0 Å². The summed E-state index contributed by atoms with van der Waals surface area (Å²) in [5.74, 6) is -0.0205. The van der Waals surface area contributed by atoms with Crippen molar-refractivity contribution in [2.45, 2.75) is 46.3 Å². The Kier molecular flexibility index (Phi) is 4.37. The molecule has 8 heteroatoms. The summed E-state index contributed by atoms with van der Waals surface area (Å²) in [6.45, 7) is 8.18. The summed E-state index contributed by atoms with van der Waals surface area (Å²) < 4.78 is 6.71. The Labute approximate surface area is 168 Å². The number of benzene rings is 1. The van der Waals surface area contributed by atoms with Gasteiger partial charge in [0, 0.05) is 35.1 Å². The molecule has 2 aromatic heterocycles. The lowest BCUT2D eigenvalue weighted by atomic mass is 10.1. The summed E-state index contributed by atoms with van der Waals surface area (Å²) >= 11 is 0. The molecule has 3 aromatic rings. The standard InChI is InChI=1S/C21H25N5O3/c1-12-10-14-13(6-5-7-16(14)23-12)19(27)26-18(22)15-11-25(9-8-17(15)24-26)20(28)29-21(2,3)4/h5-7,10,23H,8-9,11,22H2,1-4H3. The van der Waals surface area contributed by atoms with E-state index in [1.54, 1.807) is 11.0 Å². The zero-order chi connectivity index (χ0) is 20.9. The molecular weight excluding hydrogens is 370 g/mol. The third-order valence-corrected chi connectivity index (χ3v) is 4.95. The van der Waals surface area contributed by atoms with Gasteiger partial charge in [0.25, 0.3) is 5.91 Å². The molecule has 1 aliphatic heterocycles. The summed E-state index contributed by atoms with van der Waals surface area (Å²) in [5, 5.41) is 5.29. The molecular formula is C21H25N5O3. The van der Waals surface area contributed by atoms with Gasteiger partial charge in [0.1, 0.15) is 11.4 Å². The number of anilines is 1. The number of aryl methyl sites for hydroxylation is 1. The average Bonchev–Trinajstić information content (AvgIpc) is 3.18. The fraction of sp³-hybridized carbons (Fsp3) is 0.381. The monoisotopic (exact) mass is 395 g/mol.